The summed E-state index contributed by atoms with van der Waals surface area (Å²) in [5, 5.41) is 2.65. The molecule has 5 rings (SSSR count). The molecule has 0 unspecified atom stereocenters. The van der Waals surface area contributed by atoms with E-state index in [1.165, 1.54) is 34.4 Å². The highest BCUT2D eigenvalue weighted by Gasteiger charge is 2.36. The SMILES string of the molecule is Cc1ccc(S(=O)(=O)CC(=O)NC[C@@H]2CCCN2C(=O)CN2CCC[C@H](NS(=O)(=O)c3ccc(-c4ccc(Cl)s4)s3)C2=O)cc1. The van der Waals surface area contributed by atoms with Gasteiger partial charge in [-0.1, -0.05) is 29.3 Å². The number of carbonyl (C=O) groups is 3. The van der Waals surface area contributed by atoms with Crippen LogP contribution in [0.3, 0.4) is 0 Å². The van der Waals surface area contributed by atoms with Crippen molar-refractivity contribution in [3.63, 3.8) is 0 Å². The highest BCUT2D eigenvalue weighted by molar-refractivity contribution is 7.92. The number of hydrogen-bond donors (Lipinski definition) is 2. The van der Waals surface area contributed by atoms with Crippen LogP contribution in [0.4, 0.5) is 0 Å². The Bertz CT molecular complexity index is 1790. The third-order valence-corrected chi connectivity index (χ3v) is 13.9. The van der Waals surface area contributed by atoms with Crippen LogP contribution in [0.2, 0.25) is 4.34 Å². The number of thiophene rings is 2. The van der Waals surface area contributed by atoms with Crippen LogP contribution in [0, 0.1) is 6.92 Å². The van der Waals surface area contributed by atoms with E-state index >= 15 is 0 Å². The van der Waals surface area contributed by atoms with Crippen molar-refractivity contribution in [1.82, 2.24) is 19.8 Å². The lowest BCUT2D eigenvalue weighted by Gasteiger charge is -2.34. The first-order valence-electron chi connectivity index (χ1n) is 14.3. The van der Waals surface area contributed by atoms with Gasteiger partial charge in [0.15, 0.2) is 9.84 Å². The van der Waals surface area contributed by atoms with Gasteiger partial charge in [0, 0.05) is 35.4 Å². The number of nitrogens with zero attached hydrogens (tertiary/aromatic N) is 2. The monoisotopic (exact) mass is 712 g/mol. The third kappa shape index (κ3) is 8.13. The first-order valence-corrected chi connectivity index (χ1v) is 19.5. The summed E-state index contributed by atoms with van der Waals surface area (Å²) in [4.78, 5) is 43.7. The van der Waals surface area contributed by atoms with Crippen LogP contribution >= 0.6 is 34.3 Å². The van der Waals surface area contributed by atoms with Crippen molar-refractivity contribution in [3.05, 3.63) is 58.4 Å². The van der Waals surface area contributed by atoms with Crippen LogP contribution in [0.15, 0.2) is 57.6 Å². The Morgan fingerprint density at radius 3 is 2.33 bits per heavy atom. The highest BCUT2D eigenvalue weighted by atomic mass is 35.5. The Balaban J connectivity index is 1.14. The van der Waals surface area contributed by atoms with E-state index in [-0.39, 0.29) is 34.1 Å². The molecular weight excluding hydrogens is 680 g/mol. The van der Waals surface area contributed by atoms with Gasteiger partial charge in [-0.2, -0.15) is 4.72 Å². The van der Waals surface area contributed by atoms with E-state index in [2.05, 4.69) is 10.0 Å². The molecule has 0 radical (unpaired) electrons. The minimum absolute atomic E-state index is 0.0663. The second-order valence-electron chi connectivity index (χ2n) is 11.1. The standard InChI is InChI=1S/C29H33ClN4O7S4/c1-19-6-8-21(9-7-19)44(38,39)18-26(35)31-16-20-4-2-15-34(20)27(36)17-33-14-3-5-22(29(33)37)32-45(40,41)28-13-11-24(43-28)23-10-12-25(30)42-23/h6-13,20,22,32H,2-5,14-18H2,1H3,(H,31,35)/t20-,22-/m0/s1. The van der Waals surface area contributed by atoms with Crippen LogP contribution in [0.5, 0.6) is 0 Å². The molecule has 2 fully saturated rings. The summed E-state index contributed by atoms with van der Waals surface area (Å²) in [7, 11) is -7.80. The Hall–Kier alpha value is -2.82. The average Bonchev–Trinajstić information content (AvgIpc) is 3.75. The second-order valence-corrected chi connectivity index (χ2v) is 17.8. The van der Waals surface area contributed by atoms with E-state index in [0.29, 0.717) is 43.1 Å². The first-order chi connectivity index (χ1) is 21.3. The Labute approximate surface area is 275 Å². The fourth-order valence-electron chi connectivity index (χ4n) is 5.41. The topological polar surface area (TPSA) is 150 Å². The molecule has 2 saturated heterocycles. The van der Waals surface area contributed by atoms with E-state index in [1.807, 2.05) is 13.0 Å². The molecule has 1 aromatic carbocycles. The van der Waals surface area contributed by atoms with Gasteiger partial charge in [0.1, 0.15) is 16.0 Å². The van der Waals surface area contributed by atoms with Crippen LogP contribution in [-0.2, 0) is 34.2 Å². The number of sulfonamides is 1. The summed E-state index contributed by atoms with van der Waals surface area (Å²) in [5.74, 6) is -2.14. The van der Waals surface area contributed by atoms with E-state index in [1.54, 1.807) is 29.2 Å². The molecule has 0 bridgehead atoms. The summed E-state index contributed by atoms with van der Waals surface area (Å²) in [6, 6.07) is 11.7. The van der Waals surface area contributed by atoms with Gasteiger partial charge in [-0.15, -0.1) is 22.7 Å². The van der Waals surface area contributed by atoms with Crippen molar-refractivity contribution < 1.29 is 31.2 Å². The summed E-state index contributed by atoms with van der Waals surface area (Å²) in [5.41, 5.74) is 0.904. The molecular formula is C29H33ClN4O7S4. The molecule has 242 valence electrons. The molecule has 4 heterocycles. The summed E-state index contributed by atoms with van der Waals surface area (Å²) >= 11 is 8.44. The lowest BCUT2D eigenvalue weighted by molar-refractivity contribution is -0.143. The van der Waals surface area contributed by atoms with Crippen molar-refractivity contribution >= 4 is 71.9 Å². The number of carbonyl (C=O) groups excluding carboxylic acids is 3. The maximum atomic E-state index is 13.3. The fraction of sp³-hybridized carbons (Fsp3) is 0.414. The molecule has 3 aromatic rings. The zero-order chi connectivity index (χ0) is 32.4. The van der Waals surface area contributed by atoms with Crippen molar-refractivity contribution in [2.24, 2.45) is 0 Å². The first kappa shape index (κ1) is 33.5. The molecule has 11 nitrogen and oxygen atoms in total. The van der Waals surface area contributed by atoms with Gasteiger partial charge < -0.3 is 15.1 Å². The molecule has 0 saturated carbocycles. The largest absolute Gasteiger partial charge is 0.353 e. The predicted octanol–water partition coefficient (Wildman–Crippen LogP) is 3.29. The van der Waals surface area contributed by atoms with Gasteiger partial charge in [-0.05, 0) is 69.0 Å². The maximum absolute atomic E-state index is 13.3. The number of aryl methyl sites for hydroxylation is 1. The minimum Gasteiger partial charge on any atom is -0.353 e. The van der Waals surface area contributed by atoms with Crippen LogP contribution < -0.4 is 10.0 Å². The number of sulfone groups is 1. The Morgan fingerprint density at radius 2 is 1.62 bits per heavy atom. The molecule has 2 atom stereocenters. The number of halogens is 1. The number of nitrogens with one attached hydrogen (secondary N) is 2. The smallest absolute Gasteiger partial charge is 0.250 e. The summed E-state index contributed by atoms with van der Waals surface area (Å²) in [6.45, 7) is 2.47. The van der Waals surface area contributed by atoms with E-state index in [9.17, 15) is 31.2 Å². The number of benzene rings is 1. The average molecular weight is 713 g/mol. The van der Waals surface area contributed by atoms with Gasteiger partial charge in [-0.25, -0.2) is 16.8 Å². The zero-order valence-electron chi connectivity index (χ0n) is 24.4. The summed E-state index contributed by atoms with van der Waals surface area (Å²) in [6.07, 6.45) is 2.15. The van der Waals surface area contributed by atoms with Crippen LogP contribution in [0.25, 0.3) is 9.75 Å². The third-order valence-electron chi connectivity index (χ3n) is 7.75. The van der Waals surface area contributed by atoms with Gasteiger partial charge in [-0.3, -0.25) is 14.4 Å². The lowest BCUT2D eigenvalue weighted by Crippen LogP contribution is -2.55. The van der Waals surface area contributed by atoms with Gasteiger partial charge in [0.25, 0.3) is 10.0 Å². The Kier molecular flexibility index (Phi) is 10.4. The van der Waals surface area contributed by atoms with E-state index in [4.69, 9.17) is 11.6 Å². The second kappa shape index (κ2) is 13.9. The number of piperidine rings is 1. The maximum Gasteiger partial charge on any atom is 0.250 e. The molecule has 2 aliphatic rings. The van der Waals surface area contributed by atoms with Gasteiger partial charge in [0.05, 0.1) is 15.8 Å². The normalized spacial score (nSPS) is 19.2. The zero-order valence-corrected chi connectivity index (χ0v) is 28.4. The van der Waals surface area contributed by atoms with Crippen LogP contribution in [-0.4, -0.2) is 88.4 Å². The Morgan fingerprint density at radius 1 is 0.933 bits per heavy atom. The van der Waals surface area contributed by atoms with Crippen LogP contribution in [0.1, 0.15) is 31.2 Å². The molecule has 2 N–H and O–H groups in total. The number of amides is 3. The highest BCUT2D eigenvalue weighted by Crippen LogP contribution is 2.37. The van der Waals surface area contributed by atoms with Gasteiger partial charge >= 0.3 is 0 Å². The predicted molar refractivity (Wildman–Crippen MR) is 174 cm³/mol. The number of likely N-dealkylation sites (tertiary alicyclic amines) is 2. The lowest BCUT2D eigenvalue weighted by atomic mass is 10.1. The van der Waals surface area contributed by atoms with Crippen molar-refractivity contribution in [2.75, 3.05) is 31.9 Å². The quantitative estimate of drug-likeness (QED) is 0.310. The molecule has 16 heteroatoms. The molecule has 45 heavy (non-hydrogen) atoms. The molecule has 3 amide bonds. The molecule has 2 aliphatic heterocycles. The van der Waals surface area contributed by atoms with E-state index < -0.39 is 43.5 Å². The van der Waals surface area contributed by atoms with E-state index in [0.717, 1.165) is 26.7 Å². The minimum atomic E-state index is -3.98. The number of hydrogen-bond acceptors (Lipinski definition) is 9. The van der Waals surface area contributed by atoms with Crippen molar-refractivity contribution in [3.8, 4) is 9.75 Å². The molecule has 0 spiro atoms. The molecule has 0 aliphatic carbocycles. The van der Waals surface area contributed by atoms with Crippen molar-refractivity contribution in [2.45, 2.75) is 53.8 Å². The fourth-order valence-corrected chi connectivity index (χ4v) is 10.3. The summed E-state index contributed by atoms with van der Waals surface area (Å²) < 4.78 is 54.7. The van der Waals surface area contributed by atoms with Gasteiger partial charge in [0.2, 0.25) is 17.7 Å². The number of rotatable bonds is 11. The van der Waals surface area contributed by atoms with Crippen molar-refractivity contribution in [1.29, 1.82) is 0 Å². The molecule has 2 aromatic heterocycles.